The van der Waals surface area contributed by atoms with E-state index in [1.165, 1.54) is 0 Å². The van der Waals surface area contributed by atoms with Crippen molar-refractivity contribution in [1.82, 2.24) is 14.9 Å². The van der Waals surface area contributed by atoms with Crippen molar-refractivity contribution in [2.24, 2.45) is 0 Å². The fourth-order valence-corrected chi connectivity index (χ4v) is 2.72. The molecule has 0 rings (SSSR count). The predicted octanol–water partition coefficient (Wildman–Crippen LogP) is -0.535. The average Bonchev–Trinajstić information content (AvgIpc) is 2.00. The van der Waals surface area contributed by atoms with Crippen molar-refractivity contribution < 1.29 is 8.42 Å². The molecular formula is C9H23N3O2S. The zero-order chi connectivity index (χ0) is 11.9. The first-order valence-corrected chi connectivity index (χ1v) is 6.82. The molecule has 0 aromatic heterocycles. The first-order chi connectivity index (χ1) is 6.87. The zero-order valence-electron chi connectivity index (χ0n) is 10.1. The number of nitrogens with zero attached hydrogens (tertiary/aromatic N) is 1. The van der Waals surface area contributed by atoms with Crippen LogP contribution in [0.15, 0.2) is 0 Å². The second-order valence-corrected chi connectivity index (χ2v) is 5.93. The molecule has 0 fully saturated rings. The summed E-state index contributed by atoms with van der Waals surface area (Å²) < 4.78 is 25.7. The molecular weight excluding hydrogens is 214 g/mol. The summed E-state index contributed by atoms with van der Waals surface area (Å²) in [5.41, 5.74) is 0. The van der Waals surface area contributed by atoms with Crippen LogP contribution in [0.4, 0.5) is 0 Å². The number of hydrogen-bond acceptors (Lipinski definition) is 4. The molecule has 0 bridgehead atoms. The van der Waals surface area contributed by atoms with E-state index in [2.05, 4.69) is 10.0 Å². The Hall–Kier alpha value is -0.170. The summed E-state index contributed by atoms with van der Waals surface area (Å²) in [7, 11) is 2.54. The van der Waals surface area contributed by atoms with Crippen molar-refractivity contribution in [3.8, 4) is 0 Å². The van der Waals surface area contributed by atoms with E-state index in [1.807, 2.05) is 33.0 Å². The zero-order valence-corrected chi connectivity index (χ0v) is 10.9. The van der Waals surface area contributed by atoms with Crippen molar-refractivity contribution in [2.45, 2.75) is 19.4 Å². The van der Waals surface area contributed by atoms with E-state index in [-0.39, 0.29) is 11.8 Å². The Kier molecular flexibility index (Phi) is 7.08. The maximum absolute atomic E-state index is 11.5. The van der Waals surface area contributed by atoms with Crippen LogP contribution in [0, 0.1) is 0 Å². The van der Waals surface area contributed by atoms with Crippen molar-refractivity contribution in [2.75, 3.05) is 40.0 Å². The highest BCUT2D eigenvalue weighted by Gasteiger charge is 2.14. The molecule has 0 aliphatic carbocycles. The molecule has 0 saturated carbocycles. The third-order valence-corrected chi connectivity index (χ3v) is 3.45. The van der Waals surface area contributed by atoms with Crippen molar-refractivity contribution in [3.63, 3.8) is 0 Å². The number of sulfonamides is 1. The summed E-state index contributed by atoms with van der Waals surface area (Å²) in [6.07, 6.45) is 0.639. The van der Waals surface area contributed by atoms with E-state index in [4.69, 9.17) is 0 Å². The summed E-state index contributed by atoms with van der Waals surface area (Å²) in [5.74, 6) is 0.186. The van der Waals surface area contributed by atoms with Crippen molar-refractivity contribution >= 4 is 10.0 Å². The van der Waals surface area contributed by atoms with Gasteiger partial charge >= 0.3 is 0 Å². The average molecular weight is 237 g/mol. The normalized spacial score (nSPS) is 14.5. The molecule has 0 heterocycles. The van der Waals surface area contributed by atoms with Crippen LogP contribution in [0.3, 0.4) is 0 Å². The van der Waals surface area contributed by atoms with Crippen LogP contribution in [0.25, 0.3) is 0 Å². The lowest BCUT2D eigenvalue weighted by Gasteiger charge is -2.18. The van der Waals surface area contributed by atoms with Gasteiger partial charge in [0.15, 0.2) is 0 Å². The minimum atomic E-state index is -3.12. The largest absolute Gasteiger partial charge is 0.320 e. The first-order valence-electron chi connectivity index (χ1n) is 5.16. The van der Waals surface area contributed by atoms with E-state index in [0.717, 1.165) is 6.54 Å². The Labute approximate surface area is 93.3 Å². The van der Waals surface area contributed by atoms with Gasteiger partial charge in [0.25, 0.3) is 0 Å². The van der Waals surface area contributed by atoms with Gasteiger partial charge in [-0.25, -0.2) is 13.1 Å². The Morgan fingerprint density at radius 1 is 1.33 bits per heavy atom. The van der Waals surface area contributed by atoms with Crippen LogP contribution in [0.2, 0.25) is 0 Å². The Bertz CT molecular complexity index is 252. The molecule has 0 aliphatic heterocycles. The SMILES string of the molecule is CNCCCS(=O)(=O)NC(C)CN(C)C. The van der Waals surface area contributed by atoms with Gasteiger partial charge in [-0.1, -0.05) is 0 Å². The molecule has 15 heavy (non-hydrogen) atoms. The van der Waals surface area contributed by atoms with Crippen LogP contribution in [0.5, 0.6) is 0 Å². The van der Waals surface area contributed by atoms with E-state index in [9.17, 15) is 8.42 Å². The van der Waals surface area contributed by atoms with E-state index < -0.39 is 10.0 Å². The smallest absolute Gasteiger partial charge is 0.211 e. The summed E-state index contributed by atoms with van der Waals surface area (Å²) in [6.45, 7) is 3.31. The maximum Gasteiger partial charge on any atom is 0.211 e. The van der Waals surface area contributed by atoms with Gasteiger partial charge in [-0.2, -0.15) is 0 Å². The second-order valence-electron chi connectivity index (χ2n) is 4.06. The van der Waals surface area contributed by atoms with Crippen molar-refractivity contribution in [3.05, 3.63) is 0 Å². The number of hydrogen-bond donors (Lipinski definition) is 2. The van der Waals surface area contributed by atoms with Gasteiger partial charge < -0.3 is 10.2 Å². The van der Waals surface area contributed by atoms with Gasteiger partial charge in [-0.05, 0) is 41.0 Å². The molecule has 0 aliphatic rings. The predicted molar refractivity (Wildman–Crippen MR) is 63.5 cm³/mol. The van der Waals surface area contributed by atoms with E-state index >= 15 is 0 Å². The summed E-state index contributed by atoms with van der Waals surface area (Å²) in [4.78, 5) is 1.96. The highest BCUT2D eigenvalue weighted by atomic mass is 32.2. The molecule has 92 valence electrons. The number of likely N-dealkylation sites (N-methyl/N-ethyl adjacent to an activating group) is 1. The Morgan fingerprint density at radius 2 is 1.93 bits per heavy atom. The summed E-state index contributed by atoms with van der Waals surface area (Å²) >= 11 is 0. The highest BCUT2D eigenvalue weighted by Crippen LogP contribution is 1.93. The number of rotatable bonds is 8. The minimum absolute atomic E-state index is 0.0421. The molecule has 1 unspecified atom stereocenters. The molecule has 0 aromatic rings. The standard InChI is InChI=1S/C9H23N3O2S/c1-9(8-12(3)4)11-15(13,14)7-5-6-10-2/h9-11H,5-8H2,1-4H3. The van der Waals surface area contributed by atoms with Gasteiger partial charge in [-0.15, -0.1) is 0 Å². The van der Waals surface area contributed by atoms with Crippen molar-refractivity contribution in [1.29, 1.82) is 0 Å². The molecule has 5 nitrogen and oxygen atoms in total. The maximum atomic E-state index is 11.5. The fourth-order valence-electron chi connectivity index (χ4n) is 1.39. The highest BCUT2D eigenvalue weighted by molar-refractivity contribution is 7.89. The summed E-state index contributed by atoms with van der Waals surface area (Å²) in [6, 6.07) is -0.0421. The topological polar surface area (TPSA) is 61.4 Å². The summed E-state index contributed by atoms with van der Waals surface area (Å²) in [5, 5.41) is 2.93. The number of nitrogens with one attached hydrogen (secondary N) is 2. The van der Waals surface area contributed by atoms with Crippen LogP contribution < -0.4 is 10.0 Å². The molecule has 6 heteroatoms. The molecule has 0 aromatic carbocycles. The lowest BCUT2D eigenvalue weighted by Crippen LogP contribution is -2.40. The third-order valence-electron chi connectivity index (χ3n) is 1.86. The van der Waals surface area contributed by atoms with Gasteiger partial charge in [0, 0.05) is 12.6 Å². The van der Waals surface area contributed by atoms with Crippen LogP contribution in [-0.4, -0.2) is 59.3 Å². The second kappa shape index (κ2) is 7.16. The Balaban J connectivity index is 3.91. The lowest BCUT2D eigenvalue weighted by molar-refractivity contribution is 0.370. The molecule has 0 radical (unpaired) electrons. The van der Waals surface area contributed by atoms with Gasteiger partial charge in [0.1, 0.15) is 0 Å². The quantitative estimate of drug-likeness (QED) is 0.557. The van der Waals surface area contributed by atoms with Gasteiger partial charge in [-0.3, -0.25) is 0 Å². The van der Waals surface area contributed by atoms with Crippen LogP contribution in [0.1, 0.15) is 13.3 Å². The molecule has 0 spiro atoms. The minimum Gasteiger partial charge on any atom is -0.320 e. The fraction of sp³-hybridized carbons (Fsp3) is 1.00. The molecule has 0 saturated heterocycles. The molecule has 1 atom stereocenters. The van der Waals surface area contributed by atoms with Gasteiger partial charge in [0.05, 0.1) is 5.75 Å². The molecule has 2 N–H and O–H groups in total. The van der Waals surface area contributed by atoms with E-state index in [0.29, 0.717) is 13.0 Å². The monoisotopic (exact) mass is 237 g/mol. The van der Waals surface area contributed by atoms with E-state index in [1.54, 1.807) is 0 Å². The first kappa shape index (κ1) is 14.8. The van der Waals surface area contributed by atoms with Crippen LogP contribution >= 0.6 is 0 Å². The molecule has 0 amide bonds. The lowest BCUT2D eigenvalue weighted by atomic mass is 10.3. The van der Waals surface area contributed by atoms with Crippen LogP contribution in [-0.2, 0) is 10.0 Å². The van der Waals surface area contributed by atoms with Gasteiger partial charge in [0.2, 0.25) is 10.0 Å². The third kappa shape index (κ3) is 8.80. The Morgan fingerprint density at radius 3 is 2.40 bits per heavy atom.